The van der Waals surface area contributed by atoms with Gasteiger partial charge in [0.15, 0.2) is 0 Å². The summed E-state index contributed by atoms with van der Waals surface area (Å²) >= 11 is 3.12. The maximum atomic E-state index is 7.78. The Kier molecular flexibility index (Phi) is 2.32. The molecular weight excluding hydrogens is 242 g/mol. The maximum Gasteiger partial charge on any atom is 0.147 e. The molecule has 14 heavy (non-hydrogen) atoms. The van der Waals surface area contributed by atoms with Crippen molar-refractivity contribution in [2.24, 2.45) is 5.92 Å². The van der Waals surface area contributed by atoms with Crippen molar-refractivity contribution in [3.63, 3.8) is 0 Å². The van der Waals surface area contributed by atoms with E-state index >= 15 is 0 Å². The van der Waals surface area contributed by atoms with E-state index < -0.39 is 0 Å². The lowest BCUT2D eigenvalue weighted by atomic mass is 10.0. The summed E-state index contributed by atoms with van der Waals surface area (Å²) < 4.78 is 15.7. The highest BCUT2D eigenvalue weighted by Gasteiger charge is 2.17. The van der Waals surface area contributed by atoms with Gasteiger partial charge in [0, 0.05) is 13.1 Å². The van der Waals surface area contributed by atoms with E-state index in [4.69, 9.17) is 2.74 Å². The number of anilines is 1. The van der Waals surface area contributed by atoms with Gasteiger partial charge in [-0.05, 0) is 34.7 Å². The summed E-state index contributed by atoms with van der Waals surface area (Å²) in [6, 6.07) is 0. The molecule has 3 nitrogen and oxygen atoms in total. The van der Waals surface area contributed by atoms with Gasteiger partial charge in [0.05, 0.1) is 15.1 Å². The second-order valence-electron chi connectivity index (χ2n) is 3.76. The Balaban J connectivity index is 2.29. The number of nitrogens with zero attached hydrogens (tertiary/aromatic N) is 3. The third-order valence-electron chi connectivity index (χ3n) is 2.46. The molecule has 76 valence electrons. The van der Waals surface area contributed by atoms with Crippen molar-refractivity contribution in [3.8, 4) is 0 Å². The standard InChI is InChI=1S/C10H14BrN3/c1-8-3-2-4-14(7-8)10-6-12-9(11)5-13-10/h5-6,8H,2-4,7H2,1H3/i5D,6D. The molecule has 1 unspecified atom stereocenters. The largest absolute Gasteiger partial charge is 0.355 e. The molecule has 0 amide bonds. The van der Waals surface area contributed by atoms with E-state index in [9.17, 15) is 0 Å². The Morgan fingerprint density at radius 1 is 1.57 bits per heavy atom. The Bertz CT molecular complexity index is 400. The second kappa shape index (κ2) is 4.26. The predicted molar refractivity (Wildman–Crippen MR) is 60.3 cm³/mol. The first-order chi connectivity index (χ1) is 7.58. The van der Waals surface area contributed by atoms with Gasteiger partial charge >= 0.3 is 0 Å². The topological polar surface area (TPSA) is 29.0 Å². The molecule has 0 radical (unpaired) electrons. The summed E-state index contributed by atoms with van der Waals surface area (Å²) in [7, 11) is 0. The Morgan fingerprint density at radius 2 is 2.43 bits per heavy atom. The molecule has 0 aromatic carbocycles. The van der Waals surface area contributed by atoms with Crippen LogP contribution in [0.3, 0.4) is 0 Å². The van der Waals surface area contributed by atoms with Crippen molar-refractivity contribution in [2.75, 3.05) is 18.0 Å². The molecule has 4 heteroatoms. The van der Waals surface area contributed by atoms with E-state index in [1.165, 1.54) is 6.42 Å². The molecule has 1 atom stereocenters. The molecule has 1 aliphatic rings. The summed E-state index contributed by atoms with van der Waals surface area (Å²) in [5.74, 6) is 1.16. The first-order valence-electron chi connectivity index (χ1n) is 5.83. The van der Waals surface area contributed by atoms with E-state index in [-0.39, 0.29) is 12.3 Å². The van der Waals surface area contributed by atoms with Crippen LogP contribution < -0.4 is 4.90 Å². The summed E-state index contributed by atoms with van der Waals surface area (Å²) in [5, 5.41) is 0. The van der Waals surface area contributed by atoms with E-state index in [0.29, 0.717) is 16.3 Å². The Labute approximate surface area is 95.5 Å². The quantitative estimate of drug-likeness (QED) is 0.774. The van der Waals surface area contributed by atoms with Gasteiger partial charge in [-0.3, -0.25) is 0 Å². The molecule has 1 saturated heterocycles. The van der Waals surface area contributed by atoms with E-state index in [2.05, 4.69) is 37.7 Å². The van der Waals surface area contributed by atoms with Crippen molar-refractivity contribution in [3.05, 3.63) is 16.9 Å². The number of hydrogen-bond donors (Lipinski definition) is 0. The van der Waals surface area contributed by atoms with Crippen LogP contribution in [0.15, 0.2) is 16.9 Å². The fourth-order valence-electron chi connectivity index (χ4n) is 1.77. The Hall–Kier alpha value is -0.640. The third kappa shape index (κ3) is 2.23. The number of aromatic nitrogens is 2. The first kappa shape index (κ1) is 7.63. The monoisotopic (exact) mass is 257 g/mol. The molecule has 1 aliphatic heterocycles. The molecule has 0 spiro atoms. The number of piperidine rings is 1. The second-order valence-corrected chi connectivity index (χ2v) is 4.51. The summed E-state index contributed by atoms with van der Waals surface area (Å²) in [6.07, 6.45) is 2.59. The summed E-state index contributed by atoms with van der Waals surface area (Å²) in [5.41, 5.74) is 0. The van der Waals surface area contributed by atoms with Gasteiger partial charge in [0.2, 0.25) is 0 Å². The van der Waals surface area contributed by atoms with Crippen LogP contribution in [0.2, 0.25) is 0 Å². The van der Waals surface area contributed by atoms with Crippen molar-refractivity contribution in [2.45, 2.75) is 19.8 Å². The van der Waals surface area contributed by atoms with Crippen molar-refractivity contribution in [1.82, 2.24) is 9.97 Å². The van der Waals surface area contributed by atoms with Gasteiger partial charge in [-0.25, -0.2) is 9.97 Å². The van der Waals surface area contributed by atoms with Crippen molar-refractivity contribution in [1.29, 1.82) is 0 Å². The van der Waals surface area contributed by atoms with E-state index in [0.717, 1.165) is 19.5 Å². The smallest absolute Gasteiger partial charge is 0.147 e. The average molecular weight is 258 g/mol. The van der Waals surface area contributed by atoms with Crippen LogP contribution in [0.4, 0.5) is 5.82 Å². The number of halogens is 1. The molecule has 0 N–H and O–H groups in total. The molecule has 1 aromatic rings. The summed E-state index contributed by atoms with van der Waals surface area (Å²) in [4.78, 5) is 10.2. The fourth-order valence-corrected chi connectivity index (χ4v) is 1.95. The zero-order valence-corrected chi connectivity index (χ0v) is 9.71. The van der Waals surface area contributed by atoms with E-state index in [1.807, 2.05) is 0 Å². The molecule has 2 heterocycles. The minimum absolute atomic E-state index is 0.101. The molecule has 2 rings (SSSR count). The fraction of sp³-hybridized carbons (Fsp3) is 0.600. The SMILES string of the molecule is [2H]c1nc(N2CCCC(C)C2)c([2H])nc1Br. The van der Waals surface area contributed by atoms with Gasteiger partial charge in [-0.1, -0.05) is 6.92 Å². The zero-order valence-electron chi connectivity index (χ0n) is 10.1. The normalized spacial score (nSPS) is 24.4. The average Bonchev–Trinajstić information content (AvgIpc) is 2.23. The first-order valence-corrected chi connectivity index (χ1v) is 5.63. The van der Waals surface area contributed by atoms with Crippen molar-refractivity contribution >= 4 is 21.7 Å². The highest BCUT2D eigenvalue weighted by molar-refractivity contribution is 9.10. The Morgan fingerprint density at radius 3 is 3.21 bits per heavy atom. The number of rotatable bonds is 1. The van der Waals surface area contributed by atoms with Gasteiger partial charge < -0.3 is 4.90 Å². The van der Waals surface area contributed by atoms with E-state index in [1.54, 1.807) is 0 Å². The van der Waals surface area contributed by atoms with Crippen LogP contribution in [0.25, 0.3) is 0 Å². The third-order valence-corrected chi connectivity index (χ3v) is 2.82. The maximum absolute atomic E-state index is 7.78. The van der Waals surface area contributed by atoms with Gasteiger partial charge in [0.25, 0.3) is 0 Å². The van der Waals surface area contributed by atoms with Crippen LogP contribution in [0.1, 0.15) is 22.5 Å². The zero-order chi connectivity index (χ0) is 11.7. The predicted octanol–water partition coefficient (Wildman–Crippen LogP) is 2.48. The van der Waals surface area contributed by atoms with Crippen LogP contribution in [-0.2, 0) is 0 Å². The van der Waals surface area contributed by atoms with Crippen LogP contribution in [0, 0.1) is 5.92 Å². The summed E-state index contributed by atoms with van der Waals surface area (Å²) in [6.45, 7) is 4.01. The lowest BCUT2D eigenvalue weighted by Crippen LogP contribution is -2.34. The number of hydrogen-bond acceptors (Lipinski definition) is 3. The molecule has 1 fully saturated rings. The molecule has 0 bridgehead atoms. The molecule has 0 saturated carbocycles. The van der Waals surface area contributed by atoms with Crippen LogP contribution in [0.5, 0.6) is 0 Å². The van der Waals surface area contributed by atoms with Crippen molar-refractivity contribution < 1.29 is 2.74 Å². The van der Waals surface area contributed by atoms with Gasteiger partial charge in [0.1, 0.15) is 10.4 Å². The molecular formula is C10H14BrN3. The van der Waals surface area contributed by atoms with Crippen LogP contribution in [-0.4, -0.2) is 23.1 Å². The highest BCUT2D eigenvalue weighted by atomic mass is 79.9. The van der Waals surface area contributed by atoms with Crippen LogP contribution >= 0.6 is 15.9 Å². The molecule has 1 aromatic heterocycles. The highest BCUT2D eigenvalue weighted by Crippen LogP contribution is 2.20. The minimum Gasteiger partial charge on any atom is -0.355 e. The lowest BCUT2D eigenvalue weighted by molar-refractivity contribution is 0.444. The van der Waals surface area contributed by atoms with Gasteiger partial charge in [-0.15, -0.1) is 0 Å². The minimum atomic E-state index is 0.101. The molecule has 0 aliphatic carbocycles. The van der Waals surface area contributed by atoms with Gasteiger partial charge in [-0.2, -0.15) is 0 Å². The lowest BCUT2D eigenvalue weighted by Gasteiger charge is -2.31.